The zero-order valence-corrected chi connectivity index (χ0v) is 23.7. The smallest absolute Gasteiger partial charge is 0.129 e. The van der Waals surface area contributed by atoms with Crippen molar-refractivity contribution in [2.24, 2.45) is 0 Å². The first kappa shape index (κ1) is 26.8. The van der Waals surface area contributed by atoms with Gasteiger partial charge in [0, 0.05) is 20.8 Å². The molecule has 0 aliphatic carbocycles. The molecule has 2 nitrogen and oxygen atoms in total. The number of thiazole rings is 2. The third-order valence-corrected chi connectivity index (χ3v) is 6.60. The number of hydrogen-bond acceptors (Lipinski definition) is 4. The van der Waals surface area contributed by atoms with Crippen molar-refractivity contribution in [3.8, 4) is 23.3 Å². The highest BCUT2D eigenvalue weighted by molar-refractivity contribution is 9.10. The van der Waals surface area contributed by atoms with Gasteiger partial charge in [0.15, 0.2) is 0 Å². The first-order chi connectivity index (χ1) is 15.7. The van der Waals surface area contributed by atoms with E-state index in [1.807, 2.05) is 85.3 Å². The van der Waals surface area contributed by atoms with Crippen LogP contribution in [0.15, 0.2) is 75.9 Å². The van der Waals surface area contributed by atoms with Crippen molar-refractivity contribution in [3.63, 3.8) is 0 Å². The second kappa shape index (κ2) is 13.9. The van der Waals surface area contributed by atoms with Crippen LogP contribution in [0.1, 0.15) is 27.0 Å². The van der Waals surface area contributed by atoms with E-state index in [4.69, 9.17) is 0 Å². The topological polar surface area (TPSA) is 25.8 Å². The first-order valence-electron chi connectivity index (χ1n) is 10.4. The highest BCUT2D eigenvalue weighted by atomic mass is 79.9. The zero-order chi connectivity index (χ0) is 24.1. The maximum atomic E-state index is 4.28. The summed E-state index contributed by atoms with van der Waals surface area (Å²) in [7, 11) is -1.23. The highest BCUT2D eigenvalue weighted by Crippen LogP contribution is 2.08. The molecule has 0 unspecified atom stereocenters. The van der Waals surface area contributed by atoms with Crippen LogP contribution in [0.4, 0.5) is 0 Å². The molecule has 0 spiro atoms. The fourth-order valence-corrected chi connectivity index (χ4v) is 4.06. The minimum absolute atomic E-state index is 0.858. The Labute approximate surface area is 215 Å². The van der Waals surface area contributed by atoms with Gasteiger partial charge in [-0.25, -0.2) is 9.97 Å². The molecule has 0 radical (unpaired) electrons. The van der Waals surface area contributed by atoms with Gasteiger partial charge in [-0.3, -0.25) is 0 Å². The molecule has 2 heterocycles. The second-order valence-corrected chi connectivity index (χ2v) is 15.7. The van der Waals surface area contributed by atoms with E-state index in [0.29, 0.717) is 0 Å². The van der Waals surface area contributed by atoms with E-state index < -0.39 is 8.07 Å². The molecular formula is C27H27BrN2S2Si. The van der Waals surface area contributed by atoms with Gasteiger partial charge in [-0.15, -0.1) is 28.2 Å². The predicted octanol–water partition coefficient (Wildman–Crippen LogP) is 7.98. The van der Waals surface area contributed by atoms with Crippen LogP contribution in [0.25, 0.3) is 0 Å². The summed E-state index contributed by atoms with van der Waals surface area (Å²) in [6.45, 7) is 10.7. The molecule has 0 saturated heterocycles. The summed E-state index contributed by atoms with van der Waals surface area (Å²) in [5.41, 5.74) is 6.10. The van der Waals surface area contributed by atoms with Crippen LogP contribution in [0, 0.1) is 37.2 Å². The molecule has 4 rings (SSSR count). The maximum absolute atomic E-state index is 4.28. The van der Waals surface area contributed by atoms with E-state index in [1.165, 1.54) is 0 Å². The molecule has 0 fully saturated rings. The van der Waals surface area contributed by atoms with Gasteiger partial charge in [0.05, 0.1) is 10.0 Å². The van der Waals surface area contributed by atoms with Crippen molar-refractivity contribution in [3.05, 3.63) is 103 Å². The van der Waals surface area contributed by atoms with Crippen molar-refractivity contribution in [1.82, 2.24) is 9.97 Å². The van der Waals surface area contributed by atoms with E-state index in [2.05, 4.69) is 68.8 Å². The maximum Gasteiger partial charge on any atom is 0.129 e. The summed E-state index contributed by atoms with van der Waals surface area (Å²) >= 11 is 6.59. The number of aryl methyl sites for hydroxylation is 2. The second-order valence-electron chi connectivity index (χ2n) is 7.92. The standard InChI is InChI=1S/C12H9NS.C9H13NSSi.C6H5Br/c1-10-13-12(9-14-10)8-7-11-5-3-2-4-6-11;1-8-10-9(7-11-8)5-6-12(2,3)4;7-6-4-2-1-3-5-6/h2-6,9H,1H3;7H,1-4H3;1-5H. The van der Waals surface area contributed by atoms with Gasteiger partial charge in [-0.1, -0.05) is 83.8 Å². The van der Waals surface area contributed by atoms with Gasteiger partial charge < -0.3 is 0 Å². The van der Waals surface area contributed by atoms with Crippen LogP contribution in [-0.4, -0.2) is 18.0 Å². The summed E-state index contributed by atoms with van der Waals surface area (Å²) < 4.78 is 1.13. The average Bonchev–Trinajstić information content (AvgIpc) is 3.40. The molecule has 168 valence electrons. The van der Waals surface area contributed by atoms with Gasteiger partial charge in [-0.2, -0.15) is 0 Å². The van der Waals surface area contributed by atoms with Gasteiger partial charge in [0.25, 0.3) is 0 Å². The average molecular weight is 552 g/mol. The highest BCUT2D eigenvalue weighted by Gasteiger charge is 2.07. The Morgan fingerprint density at radius 2 is 1.18 bits per heavy atom. The number of aromatic nitrogens is 2. The third kappa shape index (κ3) is 12.4. The van der Waals surface area contributed by atoms with E-state index in [1.54, 1.807) is 22.7 Å². The Balaban J connectivity index is 0.000000185. The van der Waals surface area contributed by atoms with E-state index >= 15 is 0 Å². The normalized spacial score (nSPS) is 9.64. The van der Waals surface area contributed by atoms with Crippen molar-refractivity contribution in [2.45, 2.75) is 33.5 Å². The van der Waals surface area contributed by atoms with Gasteiger partial charge in [-0.05, 0) is 44.0 Å². The lowest BCUT2D eigenvalue weighted by Gasteiger charge is -2.02. The number of benzene rings is 2. The minimum Gasteiger partial charge on any atom is -0.233 e. The van der Waals surface area contributed by atoms with Crippen LogP contribution in [0.2, 0.25) is 19.6 Å². The summed E-state index contributed by atoms with van der Waals surface area (Å²) in [5, 5.41) is 6.14. The van der Waals surface area contributed by atoms with E-state index in [9.17, 15) is 0 Å². The summed E-state index contributed by atoms with van der Waals surface area (Å²) in [4.78, 5) is 8.55. The molecule has 6 heteroatoms. The van der Waals surface area contributed by atoms with Crippen LogP contribution < -0.4 is 0 Å². The number of nitrogens with zero attached hydrogens (tertiary/aromatic N) is 2. The summed E-state index contributed by atoms with van der Waals surface area (Å²) in [6.07, 6.45) is 0. The molecule has 0 atom stereocenters. The lowest BCUT2D eigenvalue weighted by atomic mass is 10.2. The van der Waals surface area contributed by atoms with Crippen molar-refractivity contribution < 1.29 is 0 Å². The lowest BCUT2D eigenvalue weighted by Crippen LogP contribution is -2.16. The largest absolute Gasteiger partial charge is 0.233 e. The van der Waals surface area contributed by atoms with Crippen molar-refractivity contribution >= 4 is 46.7 Å². The van der Waals surface area contributed by atoms with Crippen LogP contribution in [0.3, 0.4) is 0 Å². The summed E-state index contributed by atoms with van der Waals surface area (Å²) in [6, 6.07) is 19.9. The van der Waals surface area contributed by atoms with Crippen LogP contribution in [0.5, 0.6) is 0 Å². The Bertz CT molecular complexity index is 1240. The van der Waals surface area contributed by atoms with Gasteiger partial charge in [0.2, 0.25) is 0 Å². The molecular weight excluding hydrogens is 524 g/mol. The monoisotopic (exact) mass is 550 g/mol. The number of rotatable bonds is 0. The molecule has 33 heavy (non-hydrogen) atoms. The predicted molar refractivity (Wildman–Crippen MR) is 150 cm³/mol. The van der Waals surface area contributed by atoms with Crippen molar-refractivity contribution in [2.75, 3.05) is 0 Å². The molecule has 0 saturated carbocycles. The Hall–Kier alpha value is -2.48. The van der Waals surface area contributed by atoms with Gasteiger partial charge >= 0.3 is 0 Å². The Morgan fingerprint density at radius 3 is 1.58 bits per heavy atom. The molecule has 4 aromatic rings. The molecule has 2 aromatic carbocycles. The lowest BCUT2D eigenvalue weighted by molar-refractivity contribution is 1.27. The van der Waals surface area contributed by atoms with Crippen LogP contribution >= 0.6 is 38.6 Å². The first-order valence-corrected chi connectivity index (χ1v) is 16.4. The summed E-state index contributed by atoms with van der Waals surface area (Å²) in [5.74, 6) is 9.22. The Morgan fingerprint density at radius 1 is 0.697 bits per heavy atom. The van der Waals surface area contributed by atoms with Crippen molar-refractivity contribution in [1.29, 1.82) is 0 Å². The molecule has 2 aromatic heterocycles. The van der Waals surface area contributed by atoms with E-state index in [-0.39, 0.29) is 0 Å². The quantitative estimate of drug-likeness (QED) is 0.164. The molecule has 0 bridgehead atoms. The SMILES string of the molecule is Brc1ccccc1.Cc1nc(C#C[Si](C)(C)C)cs1.Cc1nc(C#Cc2ccccc2)cs1. The third-order valence-electron chi connectivity index (χ3n) is 3.65. The molecule has 0 aliphatic heterocycles. The molecule has 0 amide bonds. The number of halogens is 1. The fraction of sp³-hybridized carbons (Fsp3) is 0.185. The zero-order valence-electron chi connectivity index (χ0n) is 19.5. The molecule has 0 aliphatic rings. The fourth-order valence-electron chi connectivity index (χ4n) is 2.17. The van der Waals surface area contributed by atoms with Crippen LogP contribution in [-0.2, 0) is 0 Å². The van der Waals surface area contributed by atoms with E-state index in [0.717, 1.165) is 31.4 Å². The Kier molecular flexibility index (Phi) is 11.3. The number of hydrogen-bond donors (Lipinski definition) is 0. The molecule has 0 N–H and O–H groups in total. The minimum atomic E-state index is -1.23. The van der Waals surface area contributed by atoms with Gasteiger partial charge in [0.1, 0.15) is 19.5 Å².